The van der Waals surface area contributed by atoms with Crippen LogP contribution in [0.25, 0.3) is 5.70 Å². The summed E-state index contributed by atoms with van der Waals surface area (Å²) in [6.45, 7) is 14.9. The van der Waals surface area contributed by atoms with Crippen LogP contribution < -0.4 is 5.32 Å². The van der Waals surface area contributed by atoms with Crippen LogP contribution in [0.4, 0.5) is 0 Å². The molecule has 1 saturated carbocycles. The van der Waals surface area contributed by atoms with Gasteiger partial charge in [-0.05, 0) is 90.2 Å². The fourth-order valence-electron chi connectivity index (χ4n) is 7.87. The van der Waals surface area contributed by atoms with Crippen molar-refractivity contribution in [3.63, 3.8) is 0 Å². The van der Waals surface area contributed by atoms with E-state index >= 15 is 0 Å². The van der Waals surface area contributed by atoms with Crippen molar-refractivity contribution in [2.24, 2.45) is 17.8 Å². The zero-order valence-electron chi connectivity index (χ0n) is 19.2. The average molecular weight is 388 g/mol. The molecule has 1 fully saturated rings. The van der Waals surface area contributed by atoms with Crippen LogP contribution in [0.15, 0.2) is 29.4 Å². The van der Waals surface area contributed by atoms with Gasteiger partial charge in [-0.3, -0.25) is 0 Å². The van der Waals surface area contributed by atoms with Gasteiger partial charge in [0.2, 0.25) is 0 Å². The van der Waals surface area contributed by atoms with Gasteiger partial charge in [-0.1, -0.05) is 53.2 Å². The highest BCUT2D eigenvalue weighted by Crippen LogP contribution is 2.69. The summed E-state index contributed by atoms with van der Waals surface area (Å²) in [5.74, 6) is 3.44. The zero-order valence-corrected chi connectivity index (χ0v) is 19.2. The molecule has 1 aromatic rings. The Bertz CT molecular complexity index is 980. The van der Waals surface area contributed by atoms with E-state index < -0.39 is 0 Å². The summed E-state index contributed by atoms with van der Waals surface area (Å²) >= 11 is 0. The fourth-order valence-corrected chi connectivity index (χ4v) is 7.87. The first-order valence-electron chi connectivity index (χ1n) is 12.2. The summed E-state index contributed by atoms with van der Waals surface area (Å²) in [6.07, 6.45) is 9.24. The molecule has 1 aromatic carbocycles. The van der Waals surface area contributed by atoms with Gasteiger partial charge in [0.15, 0.2) is 0 Å². The van der Waals surface area contributed by atoms with Gasteiger partial charge in [0.25, 0.3) is 0 Å². The highest BCUT2D eigenvalue weighted by atomic mass is 15.1. The predicted molar refractivity (Wildman–Crippen MR) is 122 cm³/mol. The van der Waals surface area contributed by atoms with Crippen LogP contribution in [0.1, 0.15) is 108 Å². The van der Waals surface area contributed by atoms with E-state index in [1.807, 2.05) is 0 Å². The minimum atomic E-state index is 0.228. The van der Waals surface area contributed by atoms with Crippen molar-refractivity contribution in [1.82, 2.24) is 5.32 Å². The van der Waals surface area contributed by atoms with E-state index in [1.54, 1.807) is 27.8 Å². The topological polar surface area (TPSA) is 12.0 Å². The standard InChI is InChI=1S/C28H37N/c1-15-7-8-16(2)21-12-24-23(11-20(15)21)25-13-22-17(3)9-10-18(4)26(22)19(5)28(29-25)14-27(24,28)6/h11-13,15-19,29H,7-10,14H2,1-6H3. The molecule has 0 amide bonds. The number of hydrogen-bond donors (Lipinski definition) is 1. The molecule has 0 saturated heterocycles. The molecule has 0 aromatic heterocycles. The van der Waals surface area contributed by atoms with Gasteiger partial charge in [-0.25, -0.2) is 0 Å². The van der Waals surface area contributed by atoms with Crippen molar-refractivity contribution in [3.8, 4) is 0 Å². The molecule has 1 heteroatoms. The fraction of sp³-hybridized carbons (Fsp3) is 0.643. The summed E-state index contributed by atoms with van der Waals surface area (Å²) in [4.78, 5) is 0. The van der Waals surface area contributed by atoms with E-state index in [0.29, 0.717) is 23.7 Å². The lowest BCUT2D eigenvalue weighted by molar-refractivity contribution is 0.339. The maximum absolute atomic E-state index is 4.16. The lowest BCUT2D eigenvalue weighted by atomic mass is 9.69. The van der Waals surface area contributed by atoms with E-state index in [9.17, 15) is 0 Å². The van der Waals surface area contributed by atoms with Gasteiger partial charge in [0.05, 0.1) is 5.54 Å². The van der Waals surface area contributed by atoms with E-state index in [4.69, 9.17) is 0 Å². The first-order chi connectivity index (χ1) is 13.8. The van der Waals surface area contributed by atoms with Crippen LogP contribution >= 0.6 is 0 Å². The summed E-state index contributed by atoms with van der Waals surface area (Å²) in [5, 5.41) is 4.16. The molecule has 6 rings (SSSR count). The molecule has 1 nitrogen and oxygen atoms in total. The van der Waals surface area contributed by atoms with Gasteiger partial charge in [-0.2, -0.15) is 0 Å². The largest absolute Gasteiger partial charge is 0.378 e. The molecule has 154 valence electrons. The third kappa shape index (κ3) is 2.13. The van der Waals surface area contributed by atoms with E-state index in [1.165, 1.54) is 43.4 Å². The number of benzene rings is 1. The lowest BCUT2D eigenvalue weighted by Gasteiger charge is -2.41. The Hall–Kier alpha value is -1.50. The van der Waals surface area contributed by atoms with Crippen molar-refractivity contribution < 1.29 is 0 Å². The molecular formula is C28H37N. The second kappa shape index (κ2) is 5.59. The monoisotopic (exact) mass is 387 g/mol. The van der Waals surface area contributed by atoms with Gasteiger partial charge in [0, 0.05) is 22.6 Å². The van der Waals surface area contributed by atoms with Crippen molar-refractivity contribution in [3.05, 3.63) is 51.6 Å². The molecule has 29 heavy (non-hydrogen) atoms. The Morgan fingerprint density at radius 1 is 0.828 bits per heavy atom. The summed E-state index contributed by atoms with van der Waals surface area (Å²) in [7, 11) is 0. The minimum absolute atomic E-state index is 0.228. The Kier molecular flexibility index (Phi) is 3.53. The molecule has 7 atom stereocenters. The van der Waals surface area contributed by atoms with Crippen LogP contribution in [0.5, 0.6) is 0 Å². The van der Waals surface area contributed by atoms with E-state index in [-0.39, 0.29) is 11.0 Å². The average Bonchev–Trinajstić information content (AvgIpc) is 3.36. The third-order valence-corrected chi connectivity index (χ3v) is 9.99. The molecule has 1 N–H and O–H groups in total. The van der Waals surface area contributed by atoms with Crippen LogP contribution in [0, 0.1) is 17.8 Å². The molecule has 5 aliphatic rings. The highest BCUT2D eigenvalue weighted by molar-refractivity contribution is 5.80. The number of fused-ring (bicyclic) bond motifs is 5. The lowest BCUT2D eigenvalue weighted by Crippen LogP contribution is -2.46. The van der Waals surface area contributed by atoms with Gasteiger partial charge in [0.1, 0.15) is 0 Å². The van der Waals surface area contributed by atoms with Crippen LogP contribution in [0.3, 0.4) is 0 Å². The highest BCUT2D eigenvalue weighted by Gasteiger charge is 2.71. The van der Waals surface area contributed by atoms with Gasteiger partial charge in [-0.15, -0.1) is 0 Å². The number of rotatable bonds is 0. The molecule has 7 unspecified atom stereocenters. The summed E-state index contributed by atoms with van der Waals surface area (Å²) < 4.78 is 0. The predicted octanol–water partition coefficient (Wildman–Crippen LogP) is 7.04. The first-order valence-corrected chi connectivity index (χ1v) is 12.2. The SMILES string of the molecule is CC1CCC(C)C2=C1C=C1NC3(CC3(C)c3cc4c(cc31)C(C)CCC4C)C2C. The van der Waals surface area contributed by atoms with Crippen LogP contribution in [0.2, 0.25) is 0 Å². The molecular weight excluding hydrogens is 350 g/mol. The van der Waals surface area contributed by atoms with Crippen molar-refractivity contribution in [2.75, 3.05) is 0 Å². The van der Waals surface area contributed by atoms with Crippen LogP contribution in [-0.4, -0.2) is 5.54 Å². The Balaban J connectivity index is 1.62. The number of nitrogens with one attached hydrogen (secondary N) is 1. The zero-order chi connectivity index (χ0) is 20.3. The number of allylic oxidation sites excluding steroid dienone is 2. The number of hydrogen-bond acceptors (Lipinski definition) is 1. The van der Waals surface area contributed by atoms with Crippen LogP contribution in [-0.2, 0) is 5.41 Å². The second-order valence-electron chi connectivity index (χ2n) is 11.6. The third-order valence-electron chi connectivity index (χ3n) is 9.99. The maximum atomic E-state index is 4.16. The smallest absolute Gasteiger partial charge is 0.0540 e. The van der Waals surface area contributed by atoms with Gasteiger partial charge < -0.3 is 5.32 Å². The summed E-state index contributed by atoms with van der Waals surface area (Å²) in [6, 6.07) is 5.26. The Morgan fingerprint density at radius 2 is 1.45 bits per heavy atom. The molecule has 2 aliphatic heterocycles. The normalized spacial score (nSPS) is 44.5. The summed E-state index contributed by atoms with van der Waals surface area (Å²) in [5.41, 5.74) is 11.8. The first kappa shape index (κ1) is 18.3. The molecule has 2 bridgehead atoms. The molecule has 0 radical (unpaired) electrons. The molecule has 3 aliphatic carbocycles. The van der Waals surface area contributed by atoms with Gasteiger partial charge >= 0.3 is 0 Å². The molecule has 1 spiro atoms. The maximum Gasteiger partial charge on any atom is 0.0540 e. The second-order valence-corrected chi connectivity index (χ2v) is 11.6. The van der Waals surface area contributed by atoms with Crippen molar-refractivity contribution in [1.29, 1.82) is 0 Å². The van der Waals surface area contributed by atoms with Crippen molar-refractivity contribution >= 4 is 5.70 Å². The minimum Gasteiger partial charge on any atom is -0.378 e. The Morgan fingerprint density at radius 3 is 2.17 bits per heavy atom. The quantitative estimate of drug-likeness (QED) is 0.503. The van der Waals surface area contributed by atoms with E-state index in [0.717, 1.165) is 5.92 Å². The molecule has 2 heterocycles. The Labute approximate surface area is 177 Å². The van der Waals surface area contributed by atoms with Crippen molar-refractivity contribution in [2.45, 2.75) is 96.4 Å². The van der Waals surface area contributed by atoms with E-state index in [2.05, 4.69) is 65.1 Å².